The van der Waals surface area contributed by atoms with Gasteiger partial charge in [0.05, 0.1) is 10.7 Å². The van der Waals surface area contributed by atoms with Gasteiger partial charge in [0.2, 0.25) is 0 Å². The van der Waals surface area contributed by atoms with E-state index in [2.05, 4.69) is 31.1 Å². The molecule has 0 aliphatic heterocycles. The van der Waals surface area contributed by atoms with Crippen molar-refractivity contribution < 1.29 is 4.79 Å². The van der Waals surface area contributed by atoms with Gasteiger partial charge in [-0.05, 0) is 47.4 Å². The lowest BCUT2D eigenvalue weighted by Gasteiger charge is -2.22. The van der Waals surface area contributed by atoms with Crippen molar-refractivity contribution in [1.29, 1.82) is 0 Å². The second-order valence-corrected chi connectivity index (χ2v) is 8.71. The summed E-state index contributed by atoms with van der Waals surface area (Å²) in [5.74, 6) is 0.641. The number of nitrogens with zero attached hydrogens (tertiary/aromatic N) is 1. The first kappa shape index (κ1) is 20.5. The van der Waals surface area contributed by atoms with E-state index in [1.54, 1.807) is 0 Å². The van der Waals surface area contributed by atoms with Gasteiger partial charge in [0, 0.05) is 5.56 Å². The van der Waals surface area contributed by atoms with Crippen molar-refractivity contribution in [1.82, 2.24) is 5.32 Å². The van der Waals surface area contributed by atoms with Gasteiger partial charge in [-0.3, -0.25) is 4.79 Å². The number of amidine groups is 1. The van der Waals surface area contributed by atoms with Gasteiger partial charge in [-0.25, -0.2) is 4.99 Å². The van der Waals surface area contributed by atoms with Gasteiger partial charge >= 0.3 is 0 Å². The molecule has 0 fully saturated rings. The standard InChI is InChI=1S/C21H25ClN2OS/c1-6-26-20(23-18-13-14(2)11-12-17(18)22)24-19(25)15-9-7-8-10-16(15)21(3,4)5/h7-13H,6H2,1-5H3,(H,23,24,25). The van der Waals surface area contributed by atoms with Gasteiger partial charge in [0.1, 0.15) is 0 Å². The van der Waals surface area contributed by atoms with Crippen LogP contribution in [0.5, 0.6) is 0 Å². The van der Waals surface area contributed by atoms with E-state index in [0.29, 0.717) is 21.4 Å². The minimum absolute atomic E-state index is 0.122. The maximum absolute atomic E-state index is 12.9. The van der Waals surface area contributed by atoms with Gasteiger partial charge in [0.15, 0.2) is 5.17 Å². The molecule has 0 spiro atoms. The number of benzene rings is 2. The highest BCUT2D eigenvalue weighted by atomic mass is 35.5. The predicted octanol–water partition coefficient (Wildman–Crippen LogP) is 6.12. The molecule has 1 amide bonds. The van der Waals surface area contributed by atoms with Crippen LogP contribution in [0.25, 0.3) is 0 Å². The lowest BCUT2D eigenvalue weighted by molar-refractivity contribution is 0.0976. The molecular formula is C21H25ClN2OS. The largest absolute Gasteiger partial charge is 0.301 e. The number of nitrogens with one attached hydrogen (secondary N) is 1. The van der Waals surface area contributed by atoms with Crippen LogP contribution in [0.15, 0.2) is 47.5 Å². The quantitative estimate of drug-likeness (QED) is 0.508. The number of rotatable bonds is 3. The first-order valence-corrected chi connectivity index (χ1v) is 9.97. The van der Waals surface area contributed by atoms with Crippen molar-refractivity contribution in [3.63, 3.8) is 0 Å². The van der Waals surface area contributed by atoms with E-state index in [0.717, 1.165) is 16.9 Å². The molecule has 2 aromatic carbocycles. The first-order chi connectivity index (χ1) is 12.2. The highest BCUT2D eigenvalue weighted by molar-refractivity contribution is 8.13. The van der Waals surface area contributed by atoms with Crippen LogP contribution in [0.3, 0.4) is 0 Å². The van der Waals surface area contributed by atoms with E-state index in [9.17, 15) is 4.79 Å². The molecule has 0 unspecified atom stereocenters. The Kier molecular flexibility index (Phi) is 6.90. The number of thioether (sulfide) groups is 1. The minimum atomic E-state index is -0.154. The fourth-order valence-electron chi connectivity index (χ4n) is 2.55. The number of halogens is 1. The number of hydrogen-bond acceptors (Lipinski definition) is 3. The van der Waals surface area contributed by atoms with Crippen LogP contribution in [-0.2, 0) is 5.41 Å². The van der Waals surface area contributed by atoms with Crippen molar-refractivity contribution in [2.75, 3.05) is 5.75 Å². The maximum Gasteiger partial charge on any atom is 0.257 e. The molecule has 2 aromatic rings. The molecule has 0 saturated heterocycles. The third kappa shape index (κ3) is 5.36. The van der Waals surface area contributed by atoms with Crippen molar-refractivity contribution in [3.05, 3.63) is 64.2 Å². The zero-order valence-corrected chi connectivity index (χ0v) is 17.5. The second kappa shape index (κ2) is 8.74. The summed E-state index contributed by atoms with van der Waals surface area (Å²) in [5, 5.41) is 4.07. The molecule has 0 aliphatic carbocycles. The Hall–Kier alpha value is -1.78. The molecule has 0 aromatic heterocycles. The third-order valence-corrected chi connectivity index (χ3v) is 4.88. The molecular weight excluding hydrogens is 364 g/mol. The monoisotopic (exact) mass is 388 g/mol. The number of carbonyl (C=O) groups is 1. The van der Waals surface area contributed by atoms with E-state index in [1.165, 1.54) is 11.8 Å². The Morgan fingerprint density at radius 1 is 1.19 bits per heavy atom. The molecule has 0 bridgehead atoms. The first-order valence-electron chi connectivity index (χ1n) is 8.61. The molecule has 26 heavy (non-hydrogen) atoms. The topological polar surface area (TPSA) is 41.5 Å². The zero-order chi connectivity index (χ0) is 19.3. The van der Waals surface area contributed by atoms with Gasteiger partial charge in [-0.15, -0.1) is 0 Å². The van der Waals surface area contributed by atoms with Crippen molar-refractivity contribution in [3.8, 4) is 0 Å². The average molecular weight is 389 g/mol. The van der Waals surface area contributed by atoms with Gasteiger partial charge in [-0.2, -0.15) is 0 Å². The summed E-state index contributed by atoms with van der Waals surface area (Å²) in [6, 6.07) is 13.4. The Balaban J connectivity index is 2.35. The summed E-state index contributed by atoms with van der Waals surface area (Å²) < 4.78 is 0. The number of hydrogen-bond donors (Lipinski definition) is 1. The molecule has 0 heterocycles. The fourth-order valence-corrected chi connectivity index (χ4v) is 3.31. The predicted molar refractivity (Wildman–Crippen MR) is 114 cm³/mol. The molecule has 5 heteroatoms. The Bertz CT molecular complexity index is 825. The molecule has 138 valence electrons. The molecule has 0 atom stereocenters. The van der Waals surface area contributed by atoms with Crippen LogP contribution in [-0.4, -0.2) is 16.8 Å². The van der Waals surface area contributed by atoms with Crippen LogP contribution in [0.1, 0.15) is 49.2 Å². The Morgan fingerprint density at radius 3 is 2.54 bits per heavy atom. The Morgan fingerprint density at radius 2 is 1.88 bits per heavy atom. The van der Waals surface area contributed by atoms with Gasteiger partial charge in [0.25, 0.3) is 5.91 Å². The summed E-state index contributed by atoms with van der Waals surface area (Å²) in [5.41, 5.74) is 3.28. The molecule has 0 radical (unpaired) electrons. The van der Waals surface area contributed by atoms with Crippen molar-refractivity contribution in [2.45, 2.75) is 40.0 Å². The van der Waals surface area contributed by atoms with E-state index in [4.69, 9.17) is 11.6 Å². The molecule has 3 nitrogen and oxygen atoms in total. The maximum atomic E-state index is 12.9. The lowest BCUT2D eigenvalue weighted by atomic mass is 9.83. The van der Waals surface area contributed by atoms with E-state index in [-0.39, 0.29) is 11.3 Å². The van der Waals surface area contributed by atoms with Crippen LogP contribution in [0.4, 0.5) is 5.69 Å². The van der Waals surface area contributed by atoms with E-state index < -0.39 is 0 Å². The second-order valence-electron chi connectivity index (χ2n) is 7.05. The number of aliphatic imine (C=N–C) groups is 1. The molecule has 1 N–H and O–H groups in total. The van der Waals surface area contributed by atoms with Crippen molar-refractivity contribution >= 4 is 40.1 Å². The van der Waals surface area contributed by atoms with Crippen LogP contribution >= 0.6 is 23.4 Å². The third-order valence-electron chi connectivity index (χ3n) is 3.80. The Labute approximate surface area is 165 Å². The number of carbonyl (C=O) groups excluding carboxylic acids is 1. The lowest BCUT2D eigenvalue weighted by Crippen LogP contribution is -2.31. The van der Waals surface area contributed by atoms with E-state index >= 15 is 0 Å². The number of aryl methyl sites for hydroxylation is 1. The van der Waals surface area contributed by atoms with E-state index in [1.807, 2.05) is 56.3 Å². The SMILES string of the molecule is CCSC(=Nc1cc(C)ccc1Cl)NC(=O)c1ccccc1C(C)(C)C. The summed E-state index contributed by atoms with van der Waals surface area (Å²) in [6.45, 7) is 10.3. The summed E-state index contributed by atoms with van der Waals surface area (Å²) in [7, 11) is 0. The molecule has 0 aliphatic rings. The smallest absolute Gasteiger partial charge is 0.257 e. The van der Waals surface area contributed by atoms with Gasteiger partial charge in [-0.1, -0.05) is 75.3 Å². The van der Waals surface area contributed by atoms with Crippen LogP contribution in [0, 0.1) is 6.92 Å². The van der Waals surface area contributed by atoms with Crippen LogP contribution in [0.2, 0.25) is 5.02 Å². The summed E-state index contributed by atoms with van der Waals surface area (Å²) in [6.07, 6.45) is 0. The minimum Gasteiger partial charge on any atom is -0.301 e. The summed E-state index contributed by atoms with van der Waals surface area (Å²) in [4.78, 5) is 17.5. The fraction of sp³-hybridized carbons (Fsp3) is 0.333. The normalized spacial score (nSPS) is 12.2. The molecule has 0 saturated carbocycles. The molecule has 2 rings (SSSR count). The zero-order valence-electron chi connectivity index (χ0n) is 15.9. The average Bonchev–Trinajstić information content (AvgIpc) is 2.57. The summed E-state index contributed by atoms with van der Waals surface area (Å²) >= 11 is 7.73. The number of amides is 1. The van der Waals surface area contributed by atoms with Gasteiger partial charge < -0.3 is 5.32 Å². The highest BCUT2D eigenvalue weighted by Gasteiger charge is 2.22. The van der Waals surface area contributed by atoms with Crippen molar-refractivity contribution in [2.24, 2.45) is 4.99 Å². The highest BCUT2D eigenvalue weighted by Crippen LogP contribution is 2.28. The van der Waals surface area contributed by atoms with Crippen LogP contribution < -0.4 is 5.32 Å².